The number of ether oxygens (including phenoxy) is 1. The SMILES string of the molecule is C[C@H]1COCCN1c1nc(-c2ccc(Nc3cccc(=O)[nH]3)cc2)nc2c1CCn1nc(N)cc1-2. The average molecular weight is 471 g/mol. The number of hydrogen-bond acceptors (Lipinski definition) is 8. The highest BCUT2D eigenvalue weighted by molar-refractivity contribution is 5.74. The normalized spacial score (nSPS) is 17.1. The molecule has 0 bridgehead atoms. The fourth-order valence-corrected chi connectivity index (χ4v) is 4.72. The first kappa shape index (κ1) is 21.4. The number of nitrogen functional groups attached to an aromatic ring is 1. The number of morpholine rings is 1. The van der Waals surface area contributed by atoms with Crippen molar-refractivity contribution in [3.8, 4) is 22.8 Å². The Morgan fingerprint density at radius 1 is 1.14 bits per heavy atom. The monoisotopic (exact) mass is 470 g/mol. The summed E-state index contributed by atoms with van der Waals surface area (Å²) < 4.78 is 7.60. The topological polar surface area (TPSA) is 127 Å². The molecule has 4 N–H and O–H groups in total. The zero-order valence-corrected chi connectivity index (χ0v) is 19.4. The lowest BCUT2D eigenvalue weighted by molar-refractivity contribution is 0.0984. The molecule has 4 aromatic rings. The fourth-order valence-electron chi connectivity index (χ4n) is 4.72. The average Bonchev–Trinajstić information content (AvgIpc) is 3.25. The number of benzene rings is 1. The van der Waals surface area contributed by atoms with Crippen molar-refractivity contribution in [3.63, 3.8) is 0 Å². The van der Waals surface area contributed by atoms with E-state index >= 15 is 0 Å². The number of anilines is 4. The van der Waals surface area contributed by atoms with Crippen LogP contribution in [0, 0.1) is 0 Å². The molecular formula is C25H26N8O2. The number of nitrogens with zero attached hydrogens (tertiary/aromatic N) is 5. The van der Waals surface area contributed by atoms with Gasteiger partial charge in [0.1, 0.15) is 17.5 Å². The van der Waals surface area contributed by atoms with Crippen LogP contribution < -0.4 is 21.5 Å². The summed E-state index contributed by atoms with van der Waals surface area (Å²) in [7, 11) is 0. The van der Waals surface area contributed by atoms with E-state index in [9.17, 15) is 4.79 Å². The molecule has 2 aliphatic heterocycles. The summed E-state index contributed by atoms with van der Waals surface area (Å²) in [6, 6.07) is 15.0. The lowest BCUT2D eigenvalue weighted by Crippen LogP contribution is -2.45. The number of aromatic amines is 1. The van der Waals surface area contributed by atoms with E-state index in [0.29, 0.717) is 30.7 Å². The number of aromatic nitrogens is 5. The number of H-pyrrole nitrogens is 1. The molecule has 1 atom stereocenters. The number of rotatable bonds is 4. The number of fused-ring (bicyclic) bond motifs is 3. The summed E-state index contributed by atoms with van der Waals surface area (Å²) in [6.45, 7) is 5.03. The van der Waals surface area contributed by atoms with Gasteiger partial charge in [0.25, 0.3) is 0 Å². The van der Waals surface area contributed by atoms with E-state index in [-0.39, 0.29) is 11.6 Å². The Labute approximate surface area is 201 Å². The van der Waals surface area contributed by atoms with Crippen molar-refractivity contribution in [1.82, 2.24) is 24.7 Å². The first-order valence-corrected chi connectivity index (χ1v) is 11.7. The first-order valence-electron chi connectivity index (χ1n) is 11.7. The predicted molar refractivity (Wildman–Crippen MR) is 135 cm³/mol. The van der Waals surface area contributed by atoms with Crippen LogP contribution in [0.3, 0.4) is 0 Å². The molecule has 6 rings (SSSR count). The van der Waals surface area contributed by atoms with Gasteiger partial charge in [0, 0.05) is 42.0 Å². The summed E-state index contributed by atoms with van der Waals surface area (Å²) in [5.41, 5.74) is 10.5. The second-order valence-electron chi connectivity index (χ2n) is 8.87. The summed E-state index contributed by atoms with van der Waals surface area (Å²) in [4.78, 5) is 26.7. The maximum Gasteiger partial charge on any atom is 0.249 e. The van der Waals surface area contributed by atoms with Crippen LogP contribution in [0.1, 0.15) is 12.5 Å². The smallest absolute Gasteiger partial charge is 0.249 e. The van der Waals surface area contributed by atoms with Gasteiger partial charge in [0.05, 0.1) is 30.6 Å². The van der Waals surface area contributed by atoms with E-state index < -0.39 is 0 Å². The van der Waals surface area contributed by atoms with Gasteiger partial charge in [-0.25, -0.2) is 9.97 Å². The lowest BCUT2D eigenvalue weighted by atomic mass is 10.0. The van der Waals surface area contributed by atoms with E-state index in [4.69, 9.17) is 20.4 Å². The van der Waals surface area contributed by atoms with Crippen LogP contribution in [-0.4, -0.2) is 50.5 Å². The van der Waals surface area contributed by atoms with E-state index in [1.165, 1.54) is 6.07 Å². The molecule has 10 heteroatoms. The van der Waals surface area contributed by atoms with Gasteiger partial charge in [-0.05, 0) is 43.7 Å². The van der Waals surface area contributed by atoms with Crippen LogP contribution >= 0.6 is 0 Å². The molecule has 0 amide bonds. The Kier molecular flexibility index (Phi) is 5.22. The summed E-state index contributed by atoms with van der Waals surface area (Å²) in [5.74, 6) is 2.72. The summed E-state index contributed by atoms with van der Waals surface area (Å²) >= 11 is 0. The number of aryl methyl sites for hydroxylation is 1. The van der Waals surface area contributed by atoms with Crippen LogP contribution in [-0.2, 0) is 17.7 Å². The number of nitrogens with one attached hydrogen (secondary N) is 2. The third-order valence-electron chi connectivity index (χ3n) is 6.43. The Balaban J connectivity index is 1.41. The van der Waals surface area contributed by atoms with Crippen molar-refractivity contribution >= 4 is 23.1 Å². The Morgan fingerprint density at radius 3 is 2.80 bits per heavy atom. The van der Waals surface area contributed by atoms with Crippen molar-refractivity contribution in [2.24, 2.45) is 0 Å². The van der Waals surface area contributed by atoms with E-state index in [2.05, 4.69) is 27.2 Å². The summed E-state index contributed by atoms with van der Waals surface area (Å²) in [6.07, 6.45) is 0.793. The van der Waals surface area contributed by atoms with Gasteiger partial charge < -0.3 is 25.7 Å². The molecule has 178 valence electrons. The Hall–Kier alpha value is -4.18. The Bertz CT molecular complexity index is 1440. The zero-order chi connectivity index (χ0) is 23.9. The molecule has 1 aromatic carbocycles. The van der Waals surface area contributed by atoms with Crippen LogP contribution in [0.5, 0.6) is 0 Å². The number of pyridine rings is 1. The quantitative estimate of drug-likeness (QED) is 0.416. The molecule has 10 nitrogen and oxygen atoms in total. The maximum atomic E-state index is 11.6. The third kappa shape index (κ3) is 4.01. The van der Waals surface area contributed by atoms with Gasteiger partial charge >= 0.3 is 0 Å². The van der Waals surface area contributed by atoms with E-state index in [1.54, 1.807) is 6.07 Å². The van der Waals surface area contributed by atoms with Crippen LogP contribution in [0.25, 0.3) is 22.8 Å². The molecule has 0 radical (unpaired) electrons. The van der Waals surface area contributed by atoms with Crippen molar-refractivity contribution in [1.29, 1.82) is 0 Å². The number of nitrogens with two attached hydrogens (primary N) is 1. The van der Waals surface area contributed by atoms with Crippen molar-refractivity contribution in [2.45, 2.75) is 25.9 Å². The maximum absolute atomic E-state index is 11.6. The minimum atomic E-state index is -0.154. The second kappa shape index (κ2) is 8.55. The van der Waals surface area contributed by atoms with Crippen molar-refractivity contribution in [2.75, 3.05) is 35.7 Å². The highest BCUT2D eigenvalue weighted by atomic mass is 16.5. The largest absolute Gasteiger partial charge is 0.382 e. The van der Waals surface area contributed by atoms with Crippen LogP contribution in [0.4, 0.5) is 23.1 Å². The molecule has 3 aromatic heterocycles. The zero-order valence-electron chi connectivity index (χ0n) is 19.4. The number of hydrogen-bond donors (Lipinski definition) is 3. The molecule has 1 fully saturated rings. The standard InChI is InChI=1S/C25H26N8O2/c1-15-14-35-12-11-32(15)25-18-9-10-33-19(13-20(26)31-33)23(18)29-24(30-25)16-5-7-17(8-6-16)27-21-3-2-4-22(34)28-21/h2-8,13,15H,9-12,14H2,1H3,(H2,26,31)(H2,27,28,34)/t15-/m0/s1. The molecule has 0 aliphatic carbocycles. The van der Waals surface area contributed by atoms with Gasteiger partial charge in [0.15, 0.2) is 5.82 Å². The molecule has 5 heterocycles. The fraction of sp³-hybridized carbons (Fsp3) is 0.280. The highest BCUT2D eigenvalue weighted by Crippen LogP contribution is 2.37. The molecule has 1 saturated heterocycles. The molecule has 35 heavy (non-hydrogen) atoms. The van der Waals surface area contributed by atoms with Crippen molar-refractivity contribution < 1.29 is 4.74 Å². The molecular weight excluding hydrogens is 444 g/mol. The van der Waals surface area contributed by atoms with Gasteiger partial charge in [-0.15, -0.1) is 0 Å². The van der Waals surface area contributed by atoms with Gasteiger partial charge in [-0.3, -0.25) is 9.48 Å². The first-order chi connectivity index (χ1) is 17.0. The molecule has 0 saturated carbocycles. The third-order valence-corrected chi connectivity index (χ3v) is 6.43. The van der Waals surface area contributed by atoms with Gasteiger partial charge in [-0.1, -0.05) is 6.07 Å². The van der Waals surface area contributed by atoms with Crippen LogP contribution in [0.15, 0.2) is 53.3 Å². The summed E-state index contributed by atoms with van der Waals surface area (Å²) in [5, 5.41) is 7.65. The van der Waals surface area contributed by atoms with Gasteiger partial charge in [0.2, 0.25) is 5.56 Å². The minimum absolute atomic E-state index is 0.154. The molecule has 2 aliphatic rings. The lowest BCUT2D eigenvalue weighted by Gasteiger charge is -2.36. The minimum Gasteiger partial charge on any atom is -0.382 e. The van der Waals surface area contributed by atoms with E-state index in [0.717, 1.165) is 53.5 Å². The second-order valence-corrected chi connectivity index (χ2v) is 8.87. The molecule has 0 unspecified atom stereocenters. The highest BCUT2D eigenvalue weighted by Gasteiger charge is 2.29. The van der Waals surface area contributed by atoms with E-state index in [1.807, 2.05) is 41.1 Å². The van der Waals surface area contributed by atoms with Crippen LogP contribution in [0.2, 0.25) is 0 Å². The Morgan fingerprint density at radius 2 is 2.00 bits per heavy atom. The molecule has 0 spiro atoms. The predicted octanol–water partition coefficient (Wildman–Crippen LogP) is 2.80. The van der Waals surface area contributed by atoms with Gasteiger partial charge in [-0.2, -0.15) is 5.10 Å². The van der Waals surface area contributed by atoms with Crippen molar-refractivity contribution in [3.05, 3.63) is 64.4 Å².